The molecule has 0 aliphatic carbocycles. The van der Waals surface area contributed by atoms with Gasteiger partial charge in [0.15, 0.2) is 0 Å². The van der Waals surface area contributed by atoms with Gasteiger partial charge in [0.25, 0.3) is 0 Å². The van der Waals surface area contributed by atoms with E-state index in [2.05, 4.69) is 6.92 Å². The molecular weight excluding hydrogens is 347 g/mol. The highest BCUT2D eigenvalue weighted by atomic mass is 19.4. The molecule has 0 aliphatic heterocycles. The summed E-state index contributed by atoms with van der Waals surface area (Å²) in [7, 11) is 0. The van der Waals surface area contributed by atoms with Gasteiger partial charge in [-0.1, -0.05) is 50.8 Å². The van der Waals surface area contributed by atoms with Crippen LogP contribution in [-0.4, -0.2) is 35.6 Å². The molecule has 0 heterocycles. The van der Waals surface area contributed by atoms with Crippen LogP contribution in [0.3, 0.4) is 0 Å². The second-order valence-electron chi connectivity index (χ2n) is 6.40. The van der Waals surface area contributed by atoms with Gasteiger partial charge in [0.1, 0.15) is 5.75 Å². The largest absolute Gasteiger partial charge is 0.493 e. The van der Waals surface area contributed by atoms with Gasteiger partial charge in [-0.2, -0.15) is 13.2 Å². The molecule has 0 saturated carbocycles. The molecule has 1 aromatic carbocycles. The zero-order valence-corrected chi connectivity index (χ0v) is 15.1. The number of nitrogens with two attached hydrogens (primary N) is 1. The first-order valence-corrected chi connectivity index (χ1v) is 8.79. The number of rotatable bonds is 11. The first-order valence-electron chi connectivity index (χ1n) is 8.79. The van der Waals surface area contributed by atoms with Crippen molar-refractivity contribution in [3.8, 4) is 5.75 Å². The minimum Gasteiger partial charge on any atom is -0.493 e. The molecule has 0 atom stereocenters. The van der Waals surface area contributed by atoms with Gasteiger partial charge in [0.2, 0.25) is 0 Å². The van der Waals surface area contributed by atoms with Crippen molar-refractivity contribution in [2.75, 3.05) is 19.8 Å². The molecule has 7 heteroatoms. The summed E-state index contributed by atoms with van der Waals surface area (Å²) in [6.45, 7) is 1.29. The number of alkyl halides is 3. The lowest BCUT2D eigenvalue weighted by Gasteiger charge is -2.20. The van der Waals surface area contributed by atoms with Crippen LogP contribution in [0.2, 0.25) is 0 Å². The smallest absolute Gasteiger partial charge is 0.419 e. The number of halogens is 3. The summed E-state index contributed by atoms with van der Waals surface area (Å²) < 4.78 is 45.2. The third-order valence-electron chi connectivity index (χ3n) is 4.01. The Morgan fingerprint density at radius 2 is 1.73 bits per heavy atom. The number of benzene rings is 1. The van der Waals surface area contributed by atoms with Crippen LogP contribution in [0, 0.1) is 0 Å². The molecule has 4 nitrogen and oxygen atoms in total. The summed E-state index contributed by atoms with van der Waals surface area (Å²) in [6, 6.07) is 3.73. The van der Waals surface area contributed by atoms with Crippen LogP contribution < -0.4 is 10.5 Å². The average molecular weight is 375 g/mol. The van der Waals surface area contributed by atoms with Crippen molar-refractivity contribution in [2.24, 2.45) is 5.73 Å². The van der Waals surface area contributed by atoms with E-state index in [1.165, 1.54) is 24.3 Å². The standard InChI is InChI=1S/C19H28F3NO3/c1-2-3-4-5-6-11-26-17-8-7-15(12-16(17)19(20,21)22)9-10-18(23,13-24)14-25/h7-10,12,24-25H,2-6,11,13-14,23H2,1H3/b10-9+. The molecule has 1 aromatic rings. The Morgan fingerprint density at radius 1 is 1.08 bits per heavy atom. The first-order chi connectivity index (χ1) is 12.3. The molecule has 0 aromatic heterocycles. The van der Waals surface area contributed by atoms with E-state index in [1.807, 2.05) is 0 Å². The Labute approximate surface area is 152 Å². The highest BCUT2D eigenvalue weighted by Gasteiger charge is 2.34. The quantitative estimate of drug-likeness (QED) is 0.515. The van der Waals surface area contributed by atoms with E-state index in [0.29, 0.717) is 6.42 Å². The second-order valence-corrected chi connectivity index (χ2v) is 6.40. The molecule has 0 radical (unpaired) electrons. The number of ether oxygens (including phenoxy) is 1. The van der Waals surface area contributed by atoms with Gasteiger partial charge in [-0.05, 0) is 24.1 Å². The Balaban J connectivity index is 2.85. The third kappa shape index (κ3) is 7.35. The zero-order chi connectivity index (χ0) is 19.6. The van der Waals surface area contributed by atoms with Crippen molar-refractivity contribution >= 4 is 6.08 Å². The summed E-state index contributed by atoms with van der Waals surface area (Å²) in [4.78, 5) is 0. The average Bonchev–Trinajstić information content (AvgIpc) is 2.62. The number of hydrogen-bond acceptors (Lipinski definition) is 4. The fraction of sp³-hybridized carbons (Fsp3) is 0.579. The Hall–Kier alpha value is -1.57. The lowest BCUT2D eigenvalue weighted by atomic mass is 10.0. The van der Waals surface area contributed by atoms with E-state index < -0.39 is 30.5 Å². The van der Waals surface area contributed by atoms with Crippen LogP contribution in [0.5, 0.6) is 5.75 Å². The summed E-state index contributed by atoms with van der Waals surface area (Å²) in [5.41, 5.74) is 3.69. The highest BCUT2D eigenvalue weighted by molar-refractivity contribution is 5.55. The van der Waals surface area contributed by atoms with E-state index in [4.69, 9.17) is 20.7 Å². The minimum atomic E-state index is -4.55. The van der Waals surface area contributed by atoms with Gasteiger partial charge < -0.3 is 20.7 Å². The van der Waals surface area contributed by atoms with Crippen molar-refractivity contribution in [3.05, 3.63) is 35.4 Å². The molecule has 1 rings (SSSR count). The van der Waals surface area contributed by atoms with Crippen LogP contribution in [0.4, 0.5) is 13.2 Å². The molecule has 0 aliphatic rings. The number of aliphatic hydroxyl groups excluding tert-OH is 2. The van der Waals surface area contributed by atoms with Gasteiger partial charge in [-0.3, -0.25) is 0 Å². The monoisotopic (exact) mass is 375 g/mol. The number of aliphatic hydroxyl groups is 2. The predicted molar refractivity (Wildman–Crippen MR) is 95.8 cm³/mol. The van der Waals surface area contributed by atoms with E-state index >= 15 is 0 Å². The third-order valence-corrected chi connectivity index (χ3v) is 4.01. The van der Waals surface area contributed by atoms with Crippen molar-refractivity contribution in [2.45, 2.75) is 50.7 Å². The van der Waals surface area contributed by atoms with Crippen LogP contribution in [0.25, 0.3) is 6.08 Å². The van der Waals surface area contributed by atoms with Crippen molar-refractivity contribution in [1.82, 2.24) is 0 Å². The van der Waals surface area contributed by atoms with Gasteiger partial charge >= 0.3 is 6.18 Å². The van der Waals surface area contributed by atoms with Gasteiger partial charge in [-0.15, -0.1) is 0 Å². The fourth-order valence-electron chi connectivity index (χ4n) is 2.30. The maximum atomic E-state index is 13.3. The summed E-state index contributed by atoms with van der Waals surface area (Å²) in [5.74, 6) is -0.200. The molecule has 4 N–H and O–H groups in total. The fourth-order valence-corrected chi connectivity index (χ4v) is 2.30. The summed E-state index contributed by atoms with van der Waals surface area (Å²) in [6.07, 6.45) is 2.98. The molecule has 0 bridgehead atoms. The normalized spacial score (nSPS) is 12.7. The maximum Gasteiger partial charge on any atom is 0.419 e. The van der Waals surface area contributed by atoms with E-state index in [9.17, 15) is 13.2 Å². The Morgan fingerprint density at radius 3 is 2.31 bits per heavy atom. The highest BCUT2D eigenvalue weighted by Crippen LogP contribution is 2.37. The molecule has 0 fully saturated rings. The Bertz CT molecular complexity index is 570. The molecular formula is C19H28F3NO3. The summed E-state index contributed by atoms with van der Waals surface area (Å²) >= 11 is 0. The molecule has 0 amide bonds. The predicted octanol–water partition coefficient (Wildman–Crippen LogP) is 3.75. The maximum absolute atomic E-state index is 13.3. The lowest BCUT2D eigenvalue weighted by molar-refractivity contribution is -0.139. The van der Waals surface area contributed by atoms with Crippen molar-refractivity contribution in [1.29, 1.82) is 0 Å². The van der Waals surface area contributed by atoms with Crippen LogP contribution in [-0.2, 0) is 6.18 Å². The number of hydrogen-bond donors (Lipinski definition) is 3. The molecule has 0 saturated heterocycles. The molecule has 26 heavy (non-hydrogen) atoms. The topological polar surface area (TPSA) is 75.7 Å². The van der Waals surface area contributed by atoms with Crippen LogP contribution in [0.1, 0.15) is 50.2 Å². The van der Waals surface area contributed by atoms with Crippen molar-refractivity contribution < 1.29 is 28.1 Å². The molecule has 148 valence electrons. The molecule has 0 unspecified atom stereocenters. The van der Waals surface area contributed by atoms with Gasteiger partial charge in [0, 0.05) is 0 Å². The minimum absolute atomic E-state index is 0.200. The first kappa shape index (κ1) is 22.5. The Kier molecular flexibility index (Phi) is 9.12. The lowest BCUT2D eigenvalue weighted by Crippen LogP contribution is -2.45. The van der Waals surface area contributed by atoms with Crippen LogP contribution in [0.15, 0.2) is 24.3 Å². The second kappa shape index (κ2) is 10.5. The summed E-state index contributed by atoms with van der Waals surface area (Å²) in [5, 5.41) is 18.3. The van der Waals surface area contributed by atoms with Crippen molar-refractivity contribution in [3.63, 3.8) is 0 Å². The van der Waals surface area contributed by atoms with E-state index in [-0.39, 0.29) is 17.9 Å². The van der Waals surface area contributed by atoms with Gasteiger partial charge in [-0.25, -0.2) is 0 Å². The van der Waals surface area contributed by atoms with E-state index in [1.54, 1.807) is 0 Å². The number of unbranched alkanes of at least 4 members (excludes halogenated alkanes) is 4. The van der Waals surface area contributed by atoms with Crippen LogP contribution >= 0.6 is 0 Å². The molecule has 0 spiro atoms. The van der Waals surface area contributed by atoms with E-state index in [0.717, 1.165) is 31.7 Å². The van der Waals surface area contributed by atoms with Gasteiger partial charge in [0.05, 0.1) is 30.9 Å². The zero-order valence-electron chi connectivity index (χ0n) is 15.1. The SMILES string of the molecule is CCCCCCCOc1ccc(/C=C/C(N)(CO)CO)cc1C(F)(F)F.